The Labute approximate surface area is 142 Å². The van der Waals surface area contributed by atoms with Crippen molar-refractivity contribution in [1.29, 1.82) is 0 Å². The number of likely N-dealkylation sites (N-methyl/N-ethyl adjacent to an activating group) is 1. The Balaban J connectivity index is 2.43. The summed E-state index contributed by atoms with van der Waals surface area (Å²) >= 11 is 7.01. The number of halogens is 1. The van der Waals surface area contributed by atoms with Crippen molar-refractivity contribution in [2.45, 2.75) is 16.8 Å². The molecule has 23 heavy (non-hydrogen) atoms. The Morgan fingerprint density at radius 2 is 2.04 bits per heavy atom. The zero-order valence-electron chi connectivity index (χ0n) is 12.3. The second-order valence-corrected chi connectivity index (χ2v) is 5.97. The van der Waals surface area contributed by atoms with E-state index in [9.17, 15) is 10.1 Å². The van der Waals surface area contributed by atoms with Crippen LogP contribution < -0.4 is 4.90 Å². The molecule has 2 aromatic rings. The predicted molar refractivity (Wildman–Crippen MR) is 89.2 cm³/mol. The third-order valence-electron chi connectivity index (χ3n) is 3.03. The molecule has 1 heterocycles. The SMILES string of the molecule is CCN(CCO)c1ncnc(Sc2ccc(Cl)cc2)c1[N+](=O)[O-]. The number of nitrogens with zero attached hydrogens (tertiary/aromatic N) is 4. The number of hydrogen-bond donors (Lipinski definition) is 1. The fraction of sp³-hybridized carbons (Fsp3) is 0.286. The van der Waals surface area contributed by atoms with Gasteiger partial charge in [0.2, 0.25) is 5.82 Å². The molecule has 0 aliphatic rings. The van der Waals surface area contributed by atoms with E-state index in [1.165, 1.54) is 18.1 Å². The van der Waals surface area contributed by atoms with Crippen LogP contribution in [0.5, 0.6) is 0 Å². The van der Waals surface area contributed by atoms with Crippen LogP contribution in [0.1, 0.15) is 6.92 Å². The van der Waals surface area contributed by atoms with Gasteiger partial charge in [-0.25, -0.2) is 9.97 Å². The monoisotopic (exact) mass is 354 g/mol. The van der Waals surface area contributed by atoms with Crippen LogP contribution in [0.15, 0.2) is 40.5 Å². The molecule has 1 aromatic carbocycles. The van der Waals surface area contributed by atoms with Crippen molar-refractivity contribution in [2.24, 2.45) is 0 Å². The molecule has 0 radical (unpaired) electrons. The standard InChI is InChI=1S/C14H15ClN4O3S/c1-2-18(7-8-20)13-12(19(21)22)14(17-9-16-13)23-11-5-3-10(15)4-6-11/h3-6,9,20H,2,7-8H2,1H3. The molecule has 7 nitrogen and oxygen atoms in total. The van der Waals surface area contributed by atoms with E-state index in [-0.39, 0.29) is 29.7 Å². The molecular formula is C14H15ClN4O3S. The van der Waals surface area contributed by atoms with Crippen LogP contribution in [0, 0.1) is 10.1 Å². The smallest absolute Gasteiger partial charge is 0.343 e. The molecule has 0 aliphatic heterocycles. The van der Waals surface area contributed by atoms with Gasteiger partial charge in [-0.15, -0.1) is 0 Å². The van der Waals surface area contributed by atoms with E-state index in [0.29, 0.717) is 11.6 Å². The molecule has 1 N–H and O–H groups in total. The van der Waals surface area contributed by atoms with Crippen molar-refractivity contribution in [2.75, 3.05) is 24.6 Å². The molecule has 9 heteroatoms. The molecule has 122 valence electrons. The van der Waals surface area contributed by atoms with Gasteiger partial charge in [-0.05, 0) is 31.2 Å². The third-order valence-corrected chi connectivity index (χ3v) is 4.28. The van der Waals surface area contributed by atoms with Crippen LogP contribution in [0.3, 0.4) is 0 Å². The molecule has 0 fully saturated rings. The van der Waals surface area contributed by atoms with Crippen LogP contribution in [0.2, 0.25) is 5.02 Å². The first-order valence-corrected chi connectivity index (χ1v) is 8.04. The first kappa shape index (κ1) is 17.5. The highest BCUT2D eigenvalue weighted by atomic mass is 35.5. The number of aliphatic hydroxyl groups excluding tert-OH is 1. The molecule has 0 unspecified atom stereocenters. The highest BCUT2D eigenvalue weighted by Gasteiger charge is 2.26. The second kappa shape index (κ2) is 8.09. The summed E-state index contributed by atoms with van der Waals surface area (Å²) in [4.78, 5) is 21.5. The van der Waals surface area contributed by atoms with Gasteiger partial charge in [0.15, 0.2) is 5.03 Å². The summed E-state index contributed by atoms with van der Waals surface area (Å²) < 4.78 is 0. The van der Waals surface area contributed by atoms with Crippen LogP contribution in [0.25, 0.3) is 0 Å². The van der Waals surface area contributed by atoms with Crippen molar-refractivity contribution in [1.82, 2.24) is 9.97 Å². The highest BCUT2D eigenvalue weighted by Crippen LogP contribution is 2.38. The molecule has 0 saturated heterocycles. The van der Waals surface area contributed by atoms with E-state index in [2.05, 4.69) is 9.97 Å². The van der Waals surface area contributed by atoms with Gasteiger partial charge in [-0.3, -0.25) is 10.1 Å². The van der Waals surface area contributed by atoms with Gasteiger partial charge in [0.25, 0.3) is 0 Å². The molecule has 0 spiro atoms. The van der Waals surface area contributed by atoms with Gasteiger partial charge < -0.3 is 10.0 Å². The largest absolute Gasteiger partial charge is 0.395 e. The van der Waals surface area contributed by atoms with Crippen molar-refractivity contribution < 1.29 is 10.0 Å². The molecule has 0 atom stereocenters. The molecule has 0 saturated carbocycles. The molecule has 0 amide bonds. The van der Waals surface area contributed by atoms with E-state index in [0.717, 1.165) is 4.90 Å². The summed E-state index contributed by atoms with van der Waals surface area (Å²) in [6.07, 6.45) is 1.29. The van der Waals surface area contributed by atoms with Crippen LogP contribution in [-0.4, -0.2) is 39.7 Å². The zero-order chi connectivity index (χ0) is 16.8. The topological polar surface area (TPSA) is 92.4 Å². The van der Waals surface area contributed by atoms with Crippen molar-refractivity contribution in [3.8, 4) is 0 Å². The summed E-state index contributed by atoms with van der Waals surface area (Å²) in [5.74, 6) is 0.206. The molecule has 1 aromatic heterocycles. The van der Waals surface area contributed by atoms with E-state index in [1.54, 1.807) is 29.2 Å². The molecule has 0 aliphatic carbocycles. The highest BCUT2D eigenvalue weighted by molar-refractivity contribution is 7.99. The van der Waals surface area contributed by atoms with E-state index in [1.807, 2.05) is 6.92 Å². The first-order valence-electron chi connectivity index (χ1n) is 6.85. The van der Waals surface area contributed by atoms with Gasteiger partial charge >= 0.3 is 5.69 Å². The van der Waals surface area contributed by atoms with Crippen molar-refractivity contribution >= 4 is 34.9 Å². The lowest BCUT2D eigenvalue weighted by molar-refractivity contribution is -0.387. The number of rotatable bonds is 7. The van der Waals surface area contributed by atoms with Gasteiger partial charge in [-0.2, -0.15) is 0 Å². The minimum Gasteiger partial charge on any atom is -0.395 e. The van der Waals surface area contributed by atoms with Crippen LogP contribution >= 0.6 is 23.4 Å². The summed E-state index contributed by atoms with van der Waals surface area (Å²) in [6, 6.07) is 6.96. The average Bonchev–Trinajstić information content (AvgIpc) is 2.54. The Bertz CT molecular complexity index is 684. The number of anilines is 1. The van der Waals surface area contributed by atoms with Gasteiger partial charge in [0.05, 0.1) is 11.5 Å². The van der Waals surface area contributed by atoms with Crippen molar-refractivity contribution in [3.63, 3.8) is 0 Å². The number of nitro groups is 1. The Morgan fingerprint density at radius 1 is 1.35 bits per heavy atom. The average molecular weight is 355 g/mol. The Hall–Kier alpha value is -1.90. The number of benzene rings is 1. The van der Waals surface area contributed by atoms with Crippen LogP contribution in [-0.2, 0) is 0 Å². The zero-order valence-corrected chi connectivity index (χ0v) is 13.9. The second-order valence-electron chi connectivity index (χ2n) is 4.47. The summed E-state index contributed by atoms with van der Waals surface area (Å²) in [5.41, 5.74) is -0.164. The van der Waals surface area contributed by atoms with E-state index >= 15 is 0 Å². The quantitative estimate of drug-likeness (QED) is 0.464. The Kier molecular flexibility index (Phi) is 6.14. The molecular weight excluding hydrogens is 340 g/mol. The lowest BCUT2D eigenvalue weighted by Crippen LogP contribution is -2.28. The van der Waals surface area contributed by atoms with Crippen molar-refractivity contribution in [3.05, 3.63) is 45.7 Å². The van der Waals surface area contributed by atoms with Gasteiger partial charge in [-0.1, -0.05) is 23.4 Å². The number of aromatic nitrogens is 2. The first-order chi connectivity index (χ1) is 11.1. The van der Waals surface area contributed by atoms with E-state index < -0.39 is 4.92 Å². The lowest BCUT2D eigenvalue weighted by Gasteiger charge is -2.20. The van der Waals surface area contributed by atoms with Gasteiger partial charge in [0, 0.05) is 23.0 Å². The fourth-order valence-corrected chi connectivity index (χ4v) is 2.95. The molecule has 0 bridgehead atoms. The number of aliphatic hydroxyl groups is 1. The maximum Gasteiger partial charge on any atom is 0.343 e. The number of hydrogen-bond acceptors (Lipinski definition) is 7. The minimum atomic E-state index is -0.492. The van der Waals surface area contributed by atoms with Gasteiger partial charge in [0.1, 0.15) is 6.33 Å². The Morgan fingerprint density at radius 3 is 2.61 bits per heavy atom. The fourth-order valence-electron chi connectivity index (χ4n) is 1.97. The molecule has 2 rings (SSSR count). The predicted octanol–water partition coefficient (Wildman–Crippen LogP) is 3.01. The van der Waals surface area contributed by atoms with E-state index in [4.69, 9.17) is 16.7 Å². The third kappa shape index (κ3) is 4.31. The maximum atomic E-state index is 11.5. The summed E-state index contributed by atoms with van der Waals surface area (Å²) in [7, 11) is 0. The lowest BCUT2D eigenvalue weighted by atomic mass is 10.4. The maximum absolute atomic E-state index is 11.5. The minimum absolute atomic E-state index is 0.116. The summed E-state index contributed by atoms with van der Waals surface area (Å²) in [5, 5.41) is 21.5. The van der Waals surface area contributed by atoms with Crippen LogP contribution in [0.4, 0.5) is 11.5 Å². The summed E-state index contributed by atoms with van der Waals surface area (Å²) in [6.45, 7) is 2.48. The normalized spacial score (nSPS) is 10.6.